The highest BCUT2D eigenvalue weighted by molar-refractivity contribution is 9.10. The maximum atomic E-state index is 12.4. The van der Waals surface area contributed by atoms with Gasteiger partial charge in [0.25, 0.3) is 5.91 Å². The van der Waals surface area contributed by atoms with Crippen molar-refractivity contribution < 1.29 is 4.79 Å². The Kier molecular flexibility index (Phi) is 3.74. The number of aryl methyl sites for hydroxylation is 2. The summed E-state index contributed by atoms with van der Waals surface area (Å²) in [6.45, 7) is 3.69. The van der Waals surface area contributed by atoms with Crippen molar-refractivity contribution in [2.45, 2.75) is 19.9 Å². The summed E-state index contributed by atoms with van der Waals surface area (Å²) in [5.41, 5.74) is 2.68. The number of carbonyl (C=O) groups excluding carboxylic acids is 1. The molecule has 6 nitrogen and oxygen atoms in total. The van der Waals surface area contributed by atoms with E-state index >= 15 is 0 Å². The topological polar surface area (TPSA) is 64.7 Å². The van der Waals surface area contributed by atoms with Gasteiger partial charge in [-0.25, -0.2) is 4.98 Å². The molecule has 0 spiro atoms. The summed E-state index contributed by atoms with van der Waals surface area (Å²) in [5.74, 6) is 0.370. The molecule has 0 fully saturated rings. The number of benzene rings is 1. The molecule has 0 bridgehead atoms. The minimum atomic E-state index is -0.426. The minimum Gasteiger partial charge on any atom is -0.313 e. The van der Waals surface area contributed by atoms with Gasteiger partial charge in [-0.15, -0.1) is 0 Å². The highest BCUT2D eigenvalue weighted by atomic mass is 79.9. The van der Waals surface area contributed by atoms with Crippen LogP contribution in [0.3, 0.4) is 0 Å². The van der Waals surface area contributed by atoms with Crippen LogP contribution in [0, 0.1) is 6.92 Å². The lowest BCUT2D eigenvalue weighted by atomic mass is 10.3. The Morgan fingerprint density at radius 2 is 2.09 bits per heavy atom. The lowest BCUT2D eigenvalue weighted by Gasteiger charge is -2.12. The first-order valence-corrected chi connectivity index (χ1v) is 7.70. The molecule has 3 rings (SSSR count). The van der Waals surface area contributed by atoms with E-state index in [2.05, 4.69) is 31.3 Å². The lowest BCUT2D eigenvalue weighted by molar-refractivity contribution is -0.119. The molecule has 0 saturated carbocycles. The predicted molar refractivity (Wildman–Crippen MR) is 88.7 cm³/mol. The molecule has 1 N–H and O–H groups in total. The molecule has 1 atom stereocenters. The third kappa shape index (κ3) is 2.52. The first kappa shape index (κ1) is 14.8. The van der Waals surface area contributed by atoms with Gasteiger partial charge in [0, 0.05) is 13.2 Å². The molecular formula is C15H16BrN5O. The largest absolute Gasteiger partial charge is 0.313 e. The van der Waals surface area contributed by atoms with Crippen LogP contribution in [0.1, 0.15) is 18.7 Å². The van der Waals surface area contributed by atoms with Crippen LogP contribution < -0.4 is 5.32 Å². The van der Waals surface area contributed by atoms with Gasteiger partial charge in [-0.05, 0) is 41.9 Å². The van der Waals surface area contributed by atoms with Crippen molar-refractivity contribution in [3.8, 4) is 0 Å². The van der Waals surface area contributed by atoms with Crippen LogP contribution in [0.4, 0.5) is 5.95 Å². The summed E-state index contributed by atoms with van der Waals surface area (Å²) in [6, 6.07) is 7.33. The number of para-hydroxylation sites is 2. The van der Waals surface area contributed by atoms with Crippen molar-refractivity contribution in [2.75, 3.05) is 5.32 Å². The second kappa shape index (κ2) is 5.57. The number of aromatic nitrogens is 4. The van der Waals surface area contributed by atoms with Gasteiger partial charge in [-0.1, -0.05) is 12.1 Å². The highest BCUT2D eigenvalue weighted by Gasteiger charge is 2.19. The SMILES string of the molecule is Cc1nn(C(C)C(=O)Nc2nc3ccccc3n2C)cc1Br. The summed E-state index contributed by atoms with van der Waals surface area (Å²) in [5, 5.41) is 7.18. The van der Waals surface area contributed by atoms with Gasteiger partial charge < -0.3 is 4.57 Å². The summed E-state index contributed by atoms with van der Waals surface area (Å²) in [7, 11) is 1.88. The van der Waals surface area contributed by atoms with Crippen LogP contribution in [0.2, 0.25) is 0 Å². The van der Waals surface area contributed by atoms with E-state index in [1.165, 1.54) is 0 Å². The lowest BCUT2D eigenvalue weighted by Crippen LogP contribution is -2.25. The average Bonchev–Trinajstić information content (AvgIpc) is 3.00. The van der Waals surface area contributed by atoms with Crippen molar-refractivity contribution in [3.05, 3.63) is 40.6 Å². The normalized spacial score (nSPS) is 12.5. The molecule has 3 aromatic rings. The number of carbonyl (C=O) groups is 1. The van der Waals surface area contributed by atoms with Crippen LogP contribution in [0.25, 0.3) is 11.0 Å². The number of nitrogens with zero attached hydrogens (tertiary/aromatic N) is 4. The number of hydrogen-bond acceptors (Lipinski definition) is 3. The standard InChI is InChI=1S/C15H16BrN5O/c1-9-11(16)8-21(19-9)10(2)14(22)18-15-17-12-6-4-5-7-13(12)20(15)3/h4-8,10H,1-3H3,(H,17,18,22). The molecule has 0 aliphatic heterocycles. The summed E-state index contributed by atoms with van der Waals surface area (Å²) in [6.07, 6.45) is 1.80. The van der Waals surface area contributed by atoms with Crippen molar-refractivity contribution in [1.82, 2.24) is 19.3 Å². The van der Waals surface area contributed by atoms with Gasteiger partial charge >= 0.3 is 0 Å². The highest BCUT2D eigenvalue weighted by Crippen LogP contribution is 2.20. The van der Waals surface area contributed by atoms with E-state index in [9.17, 15) is 4.79 Å². The molecule has 2 aromatic heterocycles. The Morgan fingerprint density at radius 1 is 1.36 bits per heavy atom. The number of fused-ring (bicyclic) bond motifs is 1. The quantitative estimate of drug-likeness (QED) is 0.779. The zero-order valence-electron chi connectivity index (χ0n) is 12.5. The Balaban J connectivity index is 1.85. The molecule has 2 heterocycles. The third-order valence-electron chi connectivity index (χ3n) is 3.66. The van der Waals surface area contributed by atoms with Crippen LogP contribution in [0.5, 0.6) is 0 Å². The summed E-state index contributed by atoms with van der Waals surface area (Å²) < 4.78 is 4.39. The molecule has 22 heavy (non-hydrogen) atoms. The fourth-order valence-corrected chi connectivity index (χ4v) is 2.54. The number of halogens is 1. The zero-order chi connectivity index (χ0) is 15.9. The summed E-state index contributed by atoms with van der Waals surface area (Å²) >= 11 is 3.40. The number of amides is 1. The molecular weight excluding hydrogens is 346 g/mol. The third-order valence-corrected chi connectivity index (χ3v) is 4.43. The van der Waals surface area contributed by atoms with E-state index in [1.807, 2.05) is 42.8 Å². The molecule has 1 amide bonds. The van der Waals surface area contributed by atoms with E-state index in [0.717, 1.165) is 21.2 Å². The molecule has 1 unspecified atom stereocenters. The Bertz CT molecular complexity index is 831. The predicted octanol–water partition coefficient (Wildman–Crippen LogP) is 3.04. The average molecular weight is 362 g/mol. The number of hydrogen-bond donors (Lipinski definition) is 1. The van der Waals surface area contributed by atoms with Gasteiger partial charge in [0.2, 0.25) is 5.95 Å². The number of anilines is 1. The smallest absolute Gasteiger partial charge is 0.251 e. The second-order valence-electron chi connectivity index (χ2n) is 5.19. The maximum absolute atomic E-state index is 12.4. The fourth-order valence-electron chi connectivity index (χ4n) is 2.25. The zero-order valence-corrected chi connectivity index (χ0v) is 14.1. The molecule has 0 aliphatic rings. The first-order valence-electron chi connectivity index (χ1n) is 6.91. The number of nitrogens with one attached hydrogen (secondary N) is 1. The summed E-state index contributed by atoms with van der Waals surface area (Å²) in [4.78, 5) is 16.9. The Hall–Kier alpha value is -2.15. The Labute approximate surface area is 136 Å². The van der Waals surface area contributed by atoms with Gasteiger partial charge in [0.1, 0.15) is 6.04 Å². The van der Waals surface area contributed by atoms with Crippen LogP contribution in [0.15, 0.2) is 34.9 Å². The van der Waals surface area contributed by atoms with Crippen molar-refractivity contribution in [1.29, 1.82) is 0 Å². The van der Waals surface area contributed by atoms with E-state index < -0.39 is 6.04 Å². The molecule has 7 heteroatoms. The monoisotopic (exact) mass is 361 g/mol. The van der Waals surface area contributed by atoms with E-state index in [-0.39, 0.29) is 5.91 Å². The number of imidazole rings is 1. The van der Waals surface area contributed by atoms with Crippen LogP contribution in [-0.4, -0.2) is 25.2 Å². The molecule has 0 radical (unpaired) electrons. The van der Waals surface area contributed by atoms with Gasteiger partial charge in [-0.3, -0.25) is 14.8 Å². The second-order valence-corrected chi connectivity index (χ2v) is 6.05. The molecule has 0 aliphatic carbocycles. The van der Waals surface area contributed by atoms with Crippen molar-refractivity contribution >= 4 is 38.8 Å². The fraction of sp³-hybridized carbons (Fsp3) is 0.267. The van der Waals surface area contributed by atoms with Crippen LogP contribution in [-0.2, 0) is 11.8 Å². The van der Waals surface area contributed by atoms with Crippen molar-refractivity contribution in [2.24, 2.45) is 7.05 Å². The number of rotatable bonds is 3. The van der Waals surface area contributed by atoms with E-state index in [1.54, 1.807) is 17.8 Å². The van der Waals surface area contributed by atoms with Gasteiger partial charge in [-0.2, -0.15) is 5.10 Å². The molecule has 114 valence electrons. The van der Waals surface area contributed by atoms with Gasteiger partial charge in [0.15, 0.2) is 0 Å². The molecule has 1 aromatic carbocycles. The molecule has 0 saturated heterocycles. The van der Waals surface area contributed by atoms with Gasteiger partial charge in [0.05, 0.1) is 21.2 Å². The van der Waals surface area contributed by atoms with E-state index in [4.69, 9.17) is 0 Å². The van der Waals surface area contributed by atoms with Crippen LogP contribution >= 0.6 is 15.9 Å². The maximum Gasteiger partial charge on any atom is 0.251 e. The van der Waals surface area contributed by atoms with E-state index in [0.29, 0.717) is 5.95 Å². The Morgan fingerprint density at radius 3 is 2.73 bits per heavy atom. The minimum absolute atomic E-state index is 0.159. The first-order chi connectivity index (χ1) is 10.5. The van der Waals surface area contributed by atoms with Crippen molar-refractivity contribution in [3.63, 3.8) is 0 Å².